The Morgan fingerprint density at radius 2 is 1.88 bits per heavy atom. The van der Waals surface area contributed by atoms with Gasteiger partial charge in [0, 0.05) is 70.3 Å². The number of carbonyl (C=O) groups is 1. The highest BCUT2D eigenvalue weighted by Gasteiger charge is 2.43. The van der Waals surface area contributed by atoms with Crippen molar-refractivity contribution in [2.75, 3.05) is 56.9 Å². The zero-order valence-corrected chi connectivity index (χ0v) is 25.4. The molecule has 1 N–H and O–H groups in total. The molecule has 10 nitrogen and oxygen atoms in total. The first-order valence-corrected chi connectivity index (χ1v) is 14.6. The van der Waals surface area contributed by atoms with E-state index in [9.17, 15) is 23.1 Å². The van der Waals surface area contributed by atoms with Crippen molar-refractivity contribution < 1.29 is 42.0 Å². The van der Waals surface area contributed by atoms with Gasteiger partial charge in [0.2, 0.25) is 11.8 Å². The lowest BCUT2D eigenvalue weighted by Gasteiger charge is -2.38. The van der Waals surface area contributed by atoms with E-state index in [-0.39, 0.29) is 36.6 Å². The van der Waals surface area contributed by atoms with Crippen molar-refractivity contribution in [1.82, 2.24) is 9.97 Å². The Hall–Kier alpha value is -3.03. The number of nitrogens with zero attached hydrogens (tertiary/aromatic N) is 4. The second kappa shape index (κ2) is 14.2. The molecule has 2 aliphatic heterocycles. The van der Waals surface area contributed by atoms with E-state index in [1.165, 1.54) is 19.5 Å². The van der Waals surface area contributed by atoms with Crippen LogP contribution in [0.5, 0.6) is 11.8 Å². The minimum Gasteiger partial charge on any atom is -0.481 e. The van der Waals surface area contributed by atoms with Crippen LogP contribution in [0.15, 0.2) is 24.5 Å². The number of carboxylic acids is 1. The number of anilines is 2. The van der Waals surface area contributed by atoms with Gasteiger partial charge in [-0.25, -0.2) is 9.97 Å². The first kappa shape index (κ1) is 32.9. The summed E-state index contributed by atoms with van der Waals surface area (Å²) in [6, 6.07) is 2.16. The fraction of sp³-hybridized carbons (Fsp3) is 0.621. The van der Waals surface area contributed by atoms with E-state index in [0.29, 0.717) is 50.0 Å². The molecular formula is C29H38ClF3N4O6. The van der Waals surface area contributed by atoms with Crippen molar-refractivity contribution in [3.8, 4) is 11.8 Å². The highest BCUT2D eigenvalue weighted by molar-refractivity contribution is 6.33. The molecule has 2 aromatic heterocycles. The molecule has 2 aromatic rings. The zero-order valence-electron chi connectivity index (χ0n) is 24.6. The van der Waals surface area contributed by atoms with Crippen LogP contribution < -0.4 is 19.3 Å². The summed E-state index contributed by atoms with van der Waals surface area (Å²) in [4.78, 5) is 23.6. The molecule has 4 rings (SSSR count). The number of ether oxygens (including phenoxy) is 4. The number of pyridine rings is 2. The normalized spacial score (nSPS) is 24.3. The van der Waals surface area contributed by atoms with Crippen molar-refractivity contribution in [1.29, 1.82) is 0 Å². The maximum Gasteiger partial charge on any atom is 0.421 e. The van der Waals surface area contributed by atoms with Crippen molar-refractivity contribution in [3.63, 3.8) is 0 Å². The lowest BCUT2D eigenvalue weighted by Crippen LogP contribution is -2.45. The van der Waals surface area contributed by atoms with Gasteiger partial charge in [-0.2, -0.15) is 13.2 Å². The summed E-state index contributed by atoms with van der Waals surface area (Å²) in [7, 11) is 3.09. The summed E-state index contributed by atoms with van der Waals surface area (Å²) in [6.45, 7) is 5.89. The Morgan fingerprint density at radius 3 is 2.53 bits per heavy atom. The first-order valence-electron chi connectivity index (χ1n) is 14.2. The highest BCUT2D eigenvalue weighted by atomic mass is 35.5. The van der Waals surface area contributed by atoms with E-state index < -0.39 is 35.7 Å². The summed E-state index contributed by atoms with van der Waals surface area (Å²) >= 11 is 6.36. The van der Waals surface area contributed by atoms with Crippen LogP contribution in [0.25, 0.3) is 0 Å². The van der Waals surface area contributed by atoms with E-state index in [1.807, 2.05) is 18.7 Å². The highest BCUT2D eigenvalue weighted by Crippen LogP contribution is 2.41. The number of rotatable bonds is 12. The molecule has 238 valence electrons. The van der Waals surface area contributed by atoms with E-state index in [1.54, 1.807) is 18.1 Å². The fourth-order valence-electron chi connectivity index (χ4n) is 5.76. The van der Waals surface area contributed by atoms with Crippen LogP contribution in [0, 0.1) is 11.8 Å². The van der Waals surface area contributed by atoms with Crippen molar-refractivity contribution in [2.45, 2.75) is 57.5 Å². The molecule has 0 bridgehead atoms. The Morgan fingerprint density at radius 1 is 1.12 bits per heavy atom. The number of carboxylic acid groups (broad SMARTS) is 1. The van der Waals surface area contributed by atoms with Crippen molar-refractivity contribution in [2.24, 2.45) is 11.8 Å². The predicted molar refractivity (Wildman–Crippen MR) is 154 cm³/mol. The van der Waals surface area contributed by atoms with Gasteiger partial charge in [0.05, 0.1) is 48.4 Å². The molecule has 0 aliphatic carbocycles. The SMILES string of the molecule is COCCCO[C@H]1CN(c2cnc(OC3CCN(c4cc(OC)ncc4Cl)CC3C)c(C(F)(F)F)c2)[C@@H](CC(=O)O)[C@@H]1C. The second-order valence-electron chi connectivity index (χ2n) is 11.0. The van der Waals surface area contributed by atoms with Gasteiger partial charge in [0.25, 0.3) is 0 Å². The number of methoxy groups -OCH3 is 2. The maximum atomic E-state index is 14.4. The molecule has 4 heterocycles. The summed E-state index contributed by atoms with van der Waals surface area (Å²) in [5, 5.41) is 9.98. The van der Waals surface area contributed by atoms with E-state index >= 15 is 0 Å². The third kappa shape index (κ3) is 7.93. The summed E-state index contributed by atoms with van der Waals surface area (Å²) in [5.41, 5.74) is -0.105. The van der Waals surface area contributed by atoms with Crippen molar-refractivity contribution in [3.05, 3.63) is 35.1 Å². The monoisotopic (exact) mass is 630 g/mol. The molecular weight excluding hydrogens is 593 g/mol. The first-order chi connectivity index (χ1) is 20.4. The quantitative estimate of drug-likeness (QED) is 0.316. The number of aliphatic carboxylic acids is 1. The standard InChI is InChI=1S/C29H38ClF3N4O6/c1-17-15-36(23-11-26(41-4)34-14-21(23)30)7-6-24(17)43-28-20(29(31,32)33)10-19(13-35-28)37-16-25(42-9-5-8-40-3)18(2)22(37)12-27(38)39/h10-11,13-14,17-18,22,24-25H,5-9,12,15-16H2,1-4H3,(H,38,39)/t17?,18-,22-,24?,25-/m0/s1. The van der Waals surface area contributed by atoms with Crippen LogP contribution in [0.1, 0.15) is 38.7 Å². The van der Waals surface area contributed by atoms with Gasteiger partial charge in [0.1, 0.15) is 11.7 Å². The molecule has 0 radical (unpaired) electrons. The van der Waals surface area contributed by atoms with Gasteiger partial charge >= 0.3 is 12.1 Å². The van der Waals surface area contributed by atoms with E-state index in [2.05, 4.69) is 9.97 Å². The third-order valence-electron chi connectivity index (χ3n) is 8.10. The van der Waals surface area contributed by atoms with Crippen molar-refractivity contribution >= 4 is 28.9 Å². The predicted octanol–water partition coefficient (Wildman–Crippen LogP) is 5.17. The molecule has 0 saturated carbocycles. The fourth-order valence-corrected chi connectivity index (χ4v) is 5.98. The van der Waals surface area contributed by atoms with Gasteiger partial charge in [0.15, 0.2) is 0 Å². The molecule has 2 aliphatic rings. The Kier molecular flexibility index (Phi) is 10.8. The zero-order chi connectivity index (χ0) is 31.3. The average Bonchev–Trinajstić information content (AvgIpc) is 3.26. The number of hydrogen-bond donors (Lipinski definition) is 1. The smallest absolute Gasteiger partial charge is 0.421 e. The van der Waals surface area contributed by atoms with Gasteiger partial charge in [-0.1, -0.05) is 25.4 Å². The molecule has 2 fully saturated rings. The Balaban J connectivity index is 1.52. The van der Waals surface area contributed by atoms with Crippen LogP contribution >= 0.6 is 11.6 Å². The maximum absolute atomic E-state index is 14.4. The molecule has 5 atom stereocenters. The average molecular weight is 631 g/mol. The molecule has 0 amide bonds. The largest absolute Gasteiger partial charge is 0.481 e. The number of alkyl halides is 3. The molecule has 0 spiro atoms. The number of hydrogen-bond acceptors (Lipinski definition) is 9. The molecule has 43 heavy (non-hydrogen) atoms. The van der Waals surface area contributed by atoms with Crippen LogP contribution in [0.3, 0.4) is 0 Å². The second-order valence-corrected chi connectivity index (χ2v) is 11.4. The van der Waals surface area contributed by atoms with Crippen LogP contribution in [-0.4, -0.2) is 86.4 Å². The lowest BCUT2D eigenvalue weighted by atomic mass is 9.96. The number of piperidine rings is 1. The van der Waals surface area contributed by atoms with Crippen LogP contribution in [0.4, 0.5) is 24.5 Å². The van der Waals surface area contributed by atoms with E-state index in [4.69, 9.17) is 30.5 Å². The van der Waals surface area contributed by atoms with Crippen LogP contribution in [0.2, 0.25) is 5.02 Å². The van der Waals surface area contributed by atoms with Gasteiger partial charge in [-0.05, 0) is 12.5 Å². The minimum atomic E-state index is -4.74. The van der Waals surface area contributed by atoms with E-state index in [0.717, 1.165) is 11.8 Å². The Labute approximate surface area is 254 Å². The third-order valence-corrected chi connectivity index (χ3v) is 8.39. The minimum absolute atomic E-state index is 0.151. The van der Waals surface area contributed by atoms with Gasteiger partial charge in [-0.3, -0.25) is 4.79 Å². The lowest BCUT2D eigenvalue weighted by molar-refractivity contribution is -0.140. The summed E-state index contributed by atoms with van der Waals surface area (Å²) in [6.07, 6.45) is -1.95. The summed E-state index contributed by atoms with van der Waals surface area (Å²) in [5.74, 6) is -1.52. The molecule has 14 heteroatoms. The number of aromatic nitrogens is 2. The van der Waals surface area contributed by atoms with Gasteiger partial charge in [-0.15, -0.1) is 0 Å². The van der Waals surface area contributed by atoms with Gasteiger partial charge < -0.3 is 33.9 Å². The molecule has 2 unspecified atom stereocenters. The topological polar surface area (TPSA) is 106 Å². The molecule has 0 aromatic carbocycles. The Bertz CT molecular complexity index is 1260. The summed E-state index contributed by atoms with van der Waals surface area (Å²) < 4.78 is 65.2. The molecule has 2 saturated heterocycles. The number of halogens is 4. The van der Waals surface area contributed by atoms with Crippen LogP contribution in [-0.2, 0) is 20.4 Å².